The van der Waals surface area contributed by atoms with Crippen LogP contribution in [-0.2, 0) is 6.54 Å². The minimum absolute atomic E-state index is 0.414. The van der Waals surface area contributed by atoms with Gasteiger partial charge in [-0.2, -0.15) is 0 Å². The van der Waals surface area contributed by atoms with Gasteiger partial charge in [0.05, 0.1) is 14.2 Å². The summed E-state index contributed by atoms with van der Waals surface area (Å²) in [6.07, 6.45) is 5.67. The first-order valence-electron chi connectivity index (χ1n) is 8.49. The van der Waals surface area contributed by atoms with Crippen LogP contribution >= 0.6 is 0 Å². The average molecular weight is 343 g/mol. The Morgan fingerprint density at radius 2 is 1.96 bits per heavy atom. The zero-order chi connectivity index (χ0) is 17.6. The van der Waals surface area contributed by atoms with Gasteiger partial charge in [-0.15, -0.1) is 0 Å². The van der Waals surface area contributed by atoms with Crippen LogP contribution in [0.25, 0.3) is 0 Å². The molecule has 0 aliphatic carbocycles. The van der Waals surface area contributed by atoms with E-state index >= 15 is 0 Å². The molecule has 7 heteroatoms. The third kappa shape index (κ3) is 4.36. The molecule has 0 N–H and O–H groups in total. The molecule has 2 aromatic rings. The third-order valence-electron chi connectivity index (χ3n) is 4.64. The number of methoxy groups -OCH3 is 2. The minimum Gasteiger partial charge on any atom is -0.481 e. The maximum Gasteiger partial charge on any atom is 0.218 e. The predicted octanol–water partition coefficient (Wildman–Crippen LogP) is 1.99. The van der Waals surface area contributed by atoms with Crippen molar-refractivity contribution in [3.8, 4) is 11.8 Å². The van der Waals surface area contributed by atoms with Gasteiger partial charge in [-0.05, 0) is 31.0 Å². The summed E-state index contributed by atoms with van der Waals surface area (Å²) in [7, 11) is 5.36. The van der Waals surface area contributed by atoms with Crippen molar-refractivity contribution < 1.29 is 9.47 Å². The monoisotopic (exact) mass is 343 g/mol. The summed E-state index contributed by atoms with van der Waals surface area (Å²) >= 11 is 0. The van der Waals surface area contributed by atoms with Crippen LogP contribution in [-0.4, -0.2) is 60.3 Å². The quantitative estimate of drug-likeness (QED) is 0.795. The highest BCUT2D eigenvalue weighted by molar-refractivity contribution is 5.41. The summed E-state index contributed by atoms with van der Waals surface area (Å²) in [5, 5.41) is 0. The first-order valence-corrected chi connectivity index (χ1v) is 8.49. The van der Waals surface area contributed by atoms with Crippen molar-refractivity contribution in [1.82, 2.24) is 19.9 Å². The predicted molar refractivity (Wildman–Crippen MR) is 96.1 cm³/mol. The van der Waals surface area contributed by atoms with E-state index in [0.717, 1.165) is 31.9 Å². The lowest BCUT2D eigenvalue weighted by Gasteiger charge is -2.38. The Balaban J connectivity index is 1.65. The van der Waals surface area contributed by atoms with Crippen molar-refractivity contribution in [1.29, 1.82) is 0 Å². The molecule has 1 unspecified atom stereocenters. The maximum atomic E-state index is 5.22. The topological polar surface area (TPSA) is 63.6 Å². The van der Waals surface area contributed by atoms with E-state index in [2.05, 4.69) is 31.8 Å². The van der Waals surface area contributed by atoms with Gasteiger partial charge in [0, 0.05) is 44.5 Å². The van der Waals surface area contributed by atoms with Crippen molar-refractivity contribution >= 4 is 5.82 Å². The summed E-state index contributed by atoms with van der Waals surface area (Å²) < 4.78 is 10.4. The number of anilines is 1. The Hall–Kier alpha value is -2.41. The van der Waals surface area contributed by atoms with Crippen LogP contribution in [0.3, 0.4) is 0 Å². The van der Waals surface area contributed by atoms with Crippen LogP contribution in [0.4, 0.5) is 5.82 Å². The lowest BCUT2D eigenvalue weighted by atomic mass is 10.0. The Labute approximate surface area is 148 Å². The van der Waals surface area contributed by atoms with Gasteiger partial charge in [0.25, 0.3) is 0 Å². The number of rotatable bonds is 6. The number of hydrogen-bond acceptors (Lipinski definition) is 7. The zero-order valence-electron chi connectivity index (χ0n) is 15.1. The standard InChI is InChI=1S/C18H25N5O2/c1-22(16-10-18(25-3)21-13-20-16)15-5-4-8-23(12-15)11-14-6-7-19-17(9-14)24-2/h6-7,9-10,13,15H,4-5,8,11-12H2,1-3H3. The van der Waals surface area contributed by atoms with Gasteiger partial charge in [-0.3, -0.25) is 4.90 Å². The number of hydrogen-bond donors (Lipinski definition) is 0. The van der Waals surface area contributed by atoms with Crippen LogP contribution in [0.2, 0.25) is 0 Å². The first-order chi connectivity index (χ1) is 12.2. The Kier molecular flexibility index (Phi) is 5.65. The minimum atomic E-state index is 0.414. The van der Waals surface area contributed by atoms with Crippen LogP contribution < -0.4 is 14.4 Å². The normalized spacial score (nSPS) is 18.0. The molecule has 134 valence electrons. The fourth-order valence-electron chi connectivity index (χ4n) is 3.23. The molecule has 0 saturated carbocycles. The van der Waals surface area contributed by atoms with Gasteiger partial charge in [0.15, 0.2) is 0 Å². The van der Waals surface area contributed by atoms with Crippen molar-refractivity contribution in [3.05, 3.63) is 36.3 Å². The molecule has 0 amide bonds. The molecule has 0 aromatic carbocycles. The largest absolute Gasteiger partial charge is 0.481 e. The van der Waals surface area contributed by atoms with Gasteiger partial charge in [0.1, 0.15) is 12.1 Å². The molecular weight excluding hydrogens is 318 g/mol. The summed E-state index contributed by atoms with van der Waals surface area (Å²) in [6.45, 7) is 2.99. The van der Waals surface area contributed by atoms with E-state index in [1.807, 2.05) is 18.2 Å². The molecule has 3 rings (SSSR count). The summed E-state index contributed by atoms with van der Waals surface area (Å²) in [4.78, 5) is 17.3. The second-order valence-electron chi connectivity index (χ2n) is 6.27. The van der Waals surface area contributed by atoms with Gasteiger partial charge >= 0.3 is 0 Å². The number of aromatic nitrogens is 3. The number of nitrogens with zero attached hydrogens (tertiary/aromatic N) is 5. The molecule has 1 aliphatic rings. The van der Waals surface area contributed by atoms with Gasteiger partial charge in [0.2, 0.25) is 11.8 Å². The smallest absolute Gasteiger partial charge is 0.218 e. The van der Waals surface area contributed by atoms with Crippen molar-refractivity contribution in [2.75, 3.05) is 39.3 Å². The van der Waals surface area contributed by atoms with Crippen molar-refractivity contribution in [2.45, 2.75) is 25.4 Å². The summed E-state index contributed by atoms with van der Waals surface area (Å²) in [6, 6.07) is 6.34. The molecule has 0 radical (unpaired) electrons. The van der Waals surface area contributed by atoms with Crippen LogP contribution in [0, 0.1) is 0 Å². The molecule has 1 fully saturated rings. The molecule has 1 saturated heterocycles. The Bertz CT molecular complexity index is 697. The van der Waals surface area contributed by atoms with Crippen molar-refractivity contribution in [2.24, 2.45) is 0 Å². The molecule has 25 heavy (non-hydrogen) atoms. The molecule has 0 spiro atoms. The lowest BCUT2D eigenvalue weighted by molar-refractivity contribution is 0.198. The SMILES string of the molecule is COc1cc(CN2CCCC(N(C)c3cc(OC)ncn3)C2)ccn1. The molecule has 7 nitrogen and oxygen atoms in total. The van der Waals surface area contributed by atoms with Gasteiger partial charge < -0.3 is 14.4 Å². The average Bonchev–Trinajstić information content (AvgIpc) is 2.68. The lowest BCUT2D eigenvalue weighted by Crippen LogP contribution is -2.46. The van der Waals surface area contributed by atoms with Crippen LogP contribution in [0.5, 0.6) is 11.8 Å². The molecule has 1 atom stereocenters. The first kappa shape index (κ1) is 17.4. The van der Waals surface area contributed by atoms with E-state index in [0.29, 0.717) is 17.8 Å². The molecule has 3 heterocycles. The second-order valence-corrected chi connectivity index (χ2v) is 6.27. The molecule has 2 aromatic heterocycles. The van der Waals surface area contributed by atoms with E-state index in [1.165, 1.54) is 12.0 Å². The van der Waals surface area contributed by atoms with Crippen LogP contribution in [0.15, 0.2) is 30.7 Å². The summed E-state index contributed by atoms with van der Waals surface area (Å²) in [5.74, 6) is 2.15. The Morgan fingerprint density at radius 3 is 2.76 bits per heavy atom. The summed E-state index contributed by atoms with van der Waals surface area (Å²) in [5.41, 5.74) is 1.22. The second kappa shape index (κ2) is 8.11. The van der Waals surface area contributed by atoms with E-state index in [4.69, 9.17) is 9.47 Å². The van der Waals surface area contributed by atoms with Crippen molar-refractivity contribution in [3.63, 3.8) is 0 Å². The number of likely N-dealkylation sites (N-methyl/N-ethyl adjacent to an activating group) is 1. The number of piperidine rings is 1. The highest BCUT2D eigenvalue weighted by Gasteiger charge is 2.24. The number of ether oxygens (including phenoxy) is 2. The van der Waals surface area contributed by atoms with Gasteiger partial charge in [-0.25, -0.2) is 15.0 Å². The molecular formula is C18H25N5O2. The van der Waals surface area contributed by atoms with Gasteiger partial charge in [-0.1, -0.05) is 0 Å². The highest BCUT2D eigenvalue weighted by Crippen LogP contribution is 2.23. The van der Waals surface area contributed by atoms with E-state index in [9.17, 15) is 0 Å². The van der Waals surface area contributed by atoms with E-state index < -0.39 is 0 Å². The number of pyridine rings is 1. The third-order valence-corrected chi connectivity index (χ3v) is 4.64. The zero-order valence-corrected chi connectivity index (χ0v) is 15.1. The maximum absolute atomic E-state index is 5.22. The fraction of sp³-hybridized carbons (Fsp3) is 0.500. The van der Waals surface area contributed by atoms with E-state index in [1.54, 1.807) is 26.7 Å². The molecule has 0 bridgehead atoms. The fourth-order valence-corrected chi connectivity index (χ4v) is 3.23. The van der Waals surface area contributed by atoms with Crippen LogP contribution in [0.1, 0.15) is 18.4 Å². The Morgan fingerprint density at radius 1 is 1.16 bits per heavy atom. The molecule has 1 aliphatic heterocycles. The number of likely N-dealkylation sites (tertiary alicyclic amines) is 1. The highest BCUT2D eigenvalue weighted by atomic mass is 16.5. The van der Waals surface area contributed by atoms with E-state index in [-0.39, 0.29) is 0 Å².